The van der Waals surface area contributed by atoms with Crippen LogP contribution in [-0.4, -0.2) is 54.5 Å². The lowest BCUT2D eigenvalue weighted by Gasteiger charge is -2.34. The molecule has 0 radical (unpaired) electrons. The minimum Gasteiger partial charge on any atom is -0.300 e. The minimum absolute atomic E-state index is 0.697. The van der Waals surface area contributed by atoms with Crippen molar-refractivity contribution in [2.45, 2.75) is 13.5 Å². The standard InChI is InChI=1S/C15H22Cl2N2S/c1-12-3-4-13(15(17)14(12)16)11-19-7-5-18(6-8-19)9-10-20-2/h3-4H,5-11H2,1-2H3. The third-order valence-electron chi connectivity index (χ3n) is 3.83. The third-order valence-corrected chi connectivity index (χ3v) is 5.43. The first-order valence-electron chi connectivity index (χ1n) is 6.99. The number of benzene rings is 1. The molecule has 0 aliphatic carbocycles. The molecule has 1 fully saturated rings. The smallest absolute Gasteiger partial charge is 0.0640 e. The van der Waals surface area contributed by atoms with Crippen molar-refractivity contribution in [2.75, 3.05) is 44.7 Å². The number of hydrogen-bond donors (Lipinski definition) is 0. The van der Waals surface area contributed by atoms with E-state index in [-0.39, 0.29) is 0 Å². The topological polar surface area (TPSA) is 6.48 Å². The van der Waals surface area contributed by atoms with E-state index >= 15 is 0 Å². The van der Waals surface area contributed by atoms with E-state index in [0.29, 0.717) is 5.02 Å². The zero-order valence-electron chi connectivity index (χ0n) is 12.2. The van der Waals surface area contributed by atoms with E-state index in [1.165, 1.54) is 12.3 Å². The Balaban J connectivity index is 1.88. The quantitative estimate of drug-likeness (QED) is 0.810. The summed E-state index contributed by atoms with van der Waals surface area (Å²) in [5, 5.41) is 1.42. The molecular weight excluding hydrogens is 311 g/mol. The van der Waals surface area contributed by atoms with Crippen LogP contribution in [0.25, 0.3) is 0 Å². The Morgan fingerprint density at radius 3 is 2.35 bits per heavy atom. The lowest BCUT2D eigenvalue weighted by atomic mass is 10.1. The minimum atomic E-state index is 0.697. The second-order valence-corrected chi connectivity index (χ2v) is 7.02. The fourth-order valence-corrected chi connectivity index (χ4v) is 3.34. The normalized spacial score (nSPS) is 17.6. The Labute approximate surface area is 136 Å². The van der Waals surface area contributed by atoms with Gasteiger partial charge in [0.1, 0.15) is 0 Å². The molecule has 2 nitrogen and oxygen atoms in total. The predicted octanol–water partition coefficient (Wildman–Crippen LogP) is 3.78. The van der Waals surface area contributed by atoms with Gasteiger partial charge in [-0.15, -0.1) is 0 Å². The van der Waals surface area contributed by atoms with Gasteiger partial charge >= 0.3 is 0 Å². The van der Waals surface area contributed by atoms with Crippen LogP contribution in [0.1, 0.15) is 11.1 Å². The van der Waals surface area contributed by atoms with Gasteiger partial charge in [-0.25, -0.2) is 0 Å². The van der Waals surface area contributed by atoms with Gasteiger partial charge in [-0.3, -0.25) is 9.80 Å². The monoisotopic (exact) mass is 332 g/mol. The summed E-state index contributed by atoms with van der Waals surface area (Å²) in [5.41, 5.74) is 2.18. The average molecular weight is 333 g/mol. The van der Waals surface area contributed by atoms with Crippen LogP contribution in [0.5, 0.6) is 0 Å². The van der Waals surface area contributed by atoms with Crippen molar-refractivity contribution in [3.8, 4) is 0 Å². The van der Waals surface area contributed by atoms with Crippen LogP contribution in [0, 0.1) is 6.92 Å². The highest BCUT2D eigenvalue weighted by Gasteiger charge is 2.18. The molecule has 0 spiro atoms. The molecule has 1 aliphatic heterocycles. The highest BCUT2D eigenvalue weighted by atomic mass is 35.5. The number of piperazine rings is 1. The van der Waals surface area contributed by atoms with Crippen molar-refractivity contribution >= 4 is 35.0 Å². The van der Waals surface area contributed by atoms with Crippen molar-refractivity contribution in [1.29, 1.82) is 0 Å². The van der Waals surface area contributed by atoms with E-state index in [0.717, 1.165) is 48.9 Å². The third kappa shape index (κ3) is 4.28. The summed E-state index contributed by atoms with van der Waals surface area (Å²) in [6.07, 6.45) is 2.17. The van der Waals surface area contributed by atoms with E-state index < -0.39 is 0 Å². The highest BCUT2D eigenvalue weighted by Crippen LogP contribution is 2.30. The van der Waals surface area contributed by atoms with E-state index in [1.807, 2.05) is 18.7 Å². The number of halogens is 2. The fourth-order valence-electron chi connectivity index (χ4n) is 2.44. The molecule has 0 amide bonds. The SMILES string of the molecule is CSCCN1CCN(Cc2ccc(C)c(Cl)c2Cl)CC1. The summed E-state index contributed by atoms with van der Waals surface area (Å²) in [5.74, 6) is 1.22. The van der Waals surface area contributed by atoms with Crippen LogP contribution in [0.3, 0.4) is 0 Å². The molecule has 1 saturated heterocycles. The summed E-state index contributed by atoms with van der Waals surface area (Å²) in [6, 6.07) is 4.15. The van der Waals surface area contributed by atoms with Gasteiger partial charge in [-0.2, -0.15) is 11.8 Å². The van der Waals surface area contributed by atoms with Gasteiger partial charge in [0, 0.05) is 45.0 Å². The van der Waals surface area contributed by atoms with Crippen LogP contribution in [0.2, 0.25) is 10.0 Å². The fraction of sp³-hybridized carbons (Fsp3) is 0.600. The number of aryl methyl sites for hydroxylation is 1. The number of hydrogen-bond acceptors (Lipinski definition) is 3. The molecule has 1 aliphatic rings. The maximum absolute atomic E-state index is 6.34. The molecule has 1 heterocycles. The van der Waals surface area contributed by atoms with Gasteiger partial charge in [0.05, 0.1) is 10.0 Å². The lowest BCUT2D eigenvalue weighted by Crippen LogP contribution is -2.46. The number of rotatable bonds is 5. The Morgan fingerprint density at radius 1 is 1.05 bits per heavy atom. The molecule has 1 aromatic rings. The summed E-state index contributed by atoms with van der Waals surface area (Å²) >= 11 is 14.5. The lowest BCUT2D eigenvalue weighted by molar-refractivity contribution is 0.133. The van der Waals surface area contributed by atoms with Crippen LogP contribution in [0.15, 0.2) is 12.1 Å². The maximum atomic E-state index is 6.34. The number of nitrogens with zero attached hydrogens (tertiary/aromatic N) is 2. The molecule has 0 atom stereocenters. The number of thioether (sulfide) groups is 1. The van der Waals surface area contributed by atoms with Crippen molar-refractivity contribution in [3.05, 3.63) is 33.3 Å². The molecule has 0 bridgehead atoms. The van der Waals surface area contributed by atoms with Gasteiger partial charge in [0.2, 0.25) is 0 Å². The van der Waals surface area contributed by atoms with Crippen molar-refractivity contribution in [3.63, 3.8) is 0 Å². The van der Waals surface area contributed by atoms with E-state index in [1.54, 1.807) is 0 Å². The molecular formula is C15H22Cl2N2S. The van der Waals surface area contributed by atoms with Gasteiger partial charge in [0.25, 0.3) is 0 Å². The van der Waals surface area contributed by atoms with Gasteiger partial charge in [-0.05, 0) is 24.3 Å². The van der Waals surface area contributed by atoms with Crippen molar-refractivity contribution in [2.24, 2.45) is 0 Å². The van der Waals surface area contributed by atoms with E-state index in [4.69, 9.17) is 23.2 Å². The van der Waals surface area contributed by atoms with Crippen molar-refractivity contribution < 1.29 is 0 Å². The predicted molar refractivity (Wildman–Crippen MR) is 91.3 cm³/mol. The van der Waals surface area contributed by atoms with Crippen molar-refractivity contribution in [1.82, 2.24) is 9.80 Å². The first-order valence-corrected chi connectivity index (χ1v) is 9.14. The molecule has 1 aromatic carbocycles. The van der Waals surface area contributed by atoms with E-state index in [2.05, 4.69) is 28.2 Å². The highest BCUT2D eigenvalue weighted by molar-refractivity contribution is 7.98. The zero-order valence-corrected chi connectivity index (χ0v) is 14.5. The molecule has 0 unspecified atom stereocenters. The molecule has 0 N–H and O–H groups in total. The second-order valence-electron chi connectivity index (χ2n) is 5.28. The summed E-state index contributed by atoms with van der Waals surface area (Å²) in [7, 11) is 0. The molecule has 0 saturated carbocycles. The van der Waals surface area contributed by atoms with Crippen LogP contribution in [0.4, 0.5) is 0 Å². The van der Waals surface area contributed by atoms with Crippen LogP contribution in [-0.2, 0) is 6.54 Å². The Kier molecular flexibility index (Phi) is 6.50. The first kappa shape index (κ1) is 16.4. The molecule has 20 heavy (non-hydrogen) atoms. The Hall–Kier alpha value is 0.0700. The molecule has 2 rings (SSSR count). The van der Waals surface area contributed by atoms with E-state index in [9.17, 15) is 0 Å². The van der Waals surface area contributed by atoms with Gasteiger partial charge in [0.15, 0.2) is 0 Å². The summed E-state index contributed by atoms with van der Waals surface area (Å²) < 4.78 is 0. The van der Waals surface area contributed by atoms with Gasteiger partial charge < -0.3 is 0 Å². The summed E-state index contributed by atoms with van der Waals surface area (Å²) in [6.45, 7) is 8.60. The Morgan fingerprint density at radius 2 is 1.70 bits per heavy atom. The maximum Gasteiger partial charge on any atom is 0.0640 e. The molecule has 5 heteroatoms. The summed E-state index contributed by atoms with van der Waals surface area (Å²) in [4.78, 5) is 5.00. The largest absolute Gasteiger partial charge is 0.300 e. The van der Waals surface area contributed by atoms with Crippen LogP contribution >= 0.6 is 35.0 Å². The second kappa shape index (κ2) is 7.90. The average Bonchev–Trinajstić information content (AvgIpc) is 2.47. The molecule has 0 aromatic heterocycles. The van der Waals surface area contributed by atoms with Crippen LogP contribution < -0.4 is 0 Å². The zero-order chi connectivity index (χ0) is 14.5. The van der Waals surface area contributed by atoms with Gasteiger partial charge in [-0.1, -0.05) is 35.3 Å². The first-order chi connectivity index (χ1) is 9.61. The Bertz CT molecular complexity index is 446. The molecule has 112 valence electrons.